The molecule has 1 aromatic carbocycles. The van der Waals surface area contributed by atoms with Crippen molar-refractivity contribution in [2.24, 2.45) is 0 Å². The van der Waals surface area contributed by atoms with Crippen LogP contribution in [0.15, 0.2) is 35.3 Å². The summed E-state index contributed by atoms with van der Waals surface area (Å²) >= 11 is 0. The van der Waals surface area contributed by atoms with E-state index >= 15 is 0 Å². The van der Waals surface area contributed by atoms with Gasteiger partial charge in [-0.3, -0.25) is 9.59 Å². The molecule has 19 heavy (non-hydrogen) atoms. The van der Waals surface area contributed by atoms with E-state index in [4.69, 9.17) is 0 Å². The lowest BCUT2D eigenvalue weighted by Crippen LogP contribution is -2.17. The molecule has 98 valence electrons. The number of carbonyl (C=O) groups is 1. The number of pyridine rings is 1. The molecule has 0 spiro atoms. The molecule has 4 heteroatoms. The summed E-state index contributed by atoms with van der Waals surface area (Å²) < 4.78 is 0. The second kappa shape index (κ2) is 5.10. The van der Waals surface area contributed by atoms with E-state index in [2.05, 4.69) is 10.3 Å². The highest BCUT2D eigenvalue weighted by molar-refractivity contribution is 6.05. The second-order valence-corrected chi connectivity index (χ2v) is 4.67. The summed E-state index contributed by atoms with van der Waals surface area (Å²) in [5.41, 5.74) is 3.79. The molecular formula is C15H16N2O2. The van der Waals surface area contributed by atoms with Gasteiger partial charge in [-0.1, -0.05) is 12.1 Å². The maximum atomic E-state index is 12.2. The Hall–Kier alpha value is -2.36. The van der Waals surface area contributed by atoms with Gasteiger partial charge in [0.25, 0.3) is 5.91 Å². The van der Waals surface area contributed by atoms with Crippen molar-refractivity contribution in [3.8, 4) is 0 Å². The Morgan fingerprint density at radius 2 is 1.84 bits per heavy atom. The van der Waals surface area contributed by atoms with E-state index in [1.54, 1.807) is 6.92 Å². The third kappa shape index (κ3) is 2.91. The number of nitrogens with one attached hydrogen (secondary N) is 2. The first kappa shape index (κ1) is 13.1. The maximum Gasteiger partial charge on any atom is 0.257 e. The molecule has 0 bridgehead atoms. The molecule has 2 aromatic rings. The summed E-state index contributed by atoms with van der Waals surface area (Å²) in [7, 11) is 0. The lowest BCUT2D eigenvalue weighted by molar-refractivity contribution is 0.102. The predicted molar refractivity (Wildman–Crippen MR) is 75.7 cm³/mol. The average molecular weight is 256 g/mol. The number of anilines is 1. The second-order valence-electron chi connectivity index (χ2n) is 4.67. The zero-order valence-electron chi connectivity index (χ0n) is 11.2. The van der Waals surface area contributed by atoms with Gasteiger partial charge in [0.05, 0.1) is 5.56 Å². The fraction of sp³-hybridized carbons (Fsp3) is 0.200. The molecule has 0 saturated heterocycles. The van der Waals surface area contributed by atoms with E-state index < -0.39 is 0 Å². The molecule has 0 unspecified atom stereocenters. The van der Waals surface area contributed by atoms with Crippen LogP contribution in [-0.2, 0) is 0 Å². The van der Waals surface area contributed by atoms with Crippen molar-refractivity contribution in [1.29, 1.82) is 0 Å². The normalized spacial score (nSPS) is 10.3. The van der Waals surface area contributed by atoms with E-state index in [0.29, 0.717) is 11.1 Å². The predicted octanol–water partition coefficient (Wildman–Crippen LogP) is 2.55. The number of amides is 1. The Morgan fingerprint density at radius 1 is 1.11 bits per heavy atom. The van der Waals surface area contributed by atoms with Gasteiger partial charge in [0.2, 0.25) is 5.56 Å². The number of rotatable bonds is 2. The highest BCUT2D eigenvalue weighted by Gasteiger charge is 2.11. The van der Waals surface area contributed by atoms with Crippen molar-refractivity contribution in [1.82, 2.24) is 4.98 Å². The van der Waals surface area contributed by atoms with Gasteiger partial charge in [0.15, 0.2) is 0 Å². The molecule has 0 aliphatic rings. The SMILES string of the molecule is Cc1ccc(C)c(NC(=O)c2c[nH]c(=O)cc2C)c1. The number of carbonyl (C=O) groups excluding carboxylic acids is 1. The summed E-state index contributed by atoms with van der Waals surface area (Å²) in [6.07, 6.45) is 1.44. The lowest BCUT2D eigenvalue weighted by atomic mass is 10.1. The molecule has 0 aliphatic heterocycles. The van der Waals surface area contributed by atoms with E-state index in [1.807, 2.05) is 32.0 Å². The number of H-pyrrole nitrogens is 1. The van der Waals surface area contributed by atoms with Crippen LogP contribution in [0.25, 0.3) is 0 Å². The van der Waals surface area contributed by atoms with Crippen LogP contribution in [0.1, 0.15) is 27.0 Å². The number of aromatic nitrogens is 1. The molecule has 0 saturated carbocycles. The smallest absolute Gasteiger partial charge is 0.257 e. The van der Waals surface area contributed by atoms with Crippen LogP contribution in [0, 0.1) is 20.8 Å². The van der Waals surface area contributed by atoms with Gasteiger partial charge in [-0.25, -0.2) is 0 Å². The Kier molecular flexibility index (Phi) is 3.51. The van der Waals surface area contributed by atoms with Gasteiger partial charge in [0.1, 0.15) is 0 Å². The van der Waals surface area contributed by atoms with Gasteiger partial charge in [0, 0.05) is 18.0 Å². The summed E-state index contributed by atoms with van der Waals surface area (Å²) in [6, 6.07) is 7.30. The Bertz CT molecular complexity index is 687. The molecule has 0 atom stereocenters. The molecular weight excluding hydrogens is 240 g/mol. The molecule has 0 fully saturated rings. The average Bonchev–Trinajstić information content (AvgIpc) is 2.33. The molecule has 1 heterocycles. The quantitative estimate of drug-likeness (QED) is 0.867. The van der Waals surface area contributed by atoms with Crippen LogP contribution in [0.4, 0.5) is 5.69 Å². The standard InChI is InChI=1S/C15H16N2O2/c1-9-4-5-10(2)13(6-9)17-15(19)12-8-16-14(18)7-11(12)3/h4-8H,1-3H3,(H,16,18)(H,17,19). The monoisotopic (exact) mass is 256 g/mol. The van der Waals surface area contributed by atoms with Crippen LogP contribution >= 0.6 is 0 Å². The van der Waals surface area contributed by atoms with Crippen molar-refractivity contribution >= 4 is 11.6 Å². The van der Waals surface area contributed by atoms with E-state index in [1.165, 1.54) is 12.3 Å². The van der Waals surface area contributed by atoms with E-state index in [9.17, 15) is 9.59 Å². The maximum absolute atomic E-state index is 12.2. The summed E-state index contributed by atoms with van der Waals surface area (Å²) in [5.74, 6) is -0.220. The van der Waals surface area contributed by atoms with Gasteiger partial charge in [-0.05, 0) is 43.5 Å². The van der Waals surface area contributed by atoms with Crippen molar-refractivity contribution in [3.63, 3.8) is 0 Å². The van der Waals surface area contributed by atoms with E-state index in [-0.39, 0.29) is 11.5 Å². The highest BCUT2D eigenvalue weighted by Crippen LogP contribution is 2.17. The van der Waals surface area contributed by atoms with Crippen LogP contribution in [0.3, 0.4) is 0 Å². The Balaban J connectivity index is 2.30. The largest absolute Gasteiger partial charge is 0.328 e. The summed E-state index contributed by atoms with van der Waals surface area (Å²) in [6.45, 7) is 5.66. The molecule has 2 N–H and O–H groups in total. The summed E-state index contributed by atoms with van der Waals surface area (Å²) in [5, 5.41) is 2.87. The van der Waals surface area contributed by atoms with Crippen LogP contribution in [0.2, 0.25) is 0 Å². The topological polar surface area (TPSA) is 62.0 Å². The molecule has 0 radical (unpaired) electrons. The number of hydrogen-bond donors (Lipinski definition) is 2. The van der Waals surface area contributed by atoms with Crippen LogP contribution in [-0.4, -0.2) is 10.9 Å². The molecule has 4 nitrogen and oxygen atoms in total. The highest BCUT2D eigenvalue weighted by atomic mass is 16.1. The lowest BCUT2D eigenvalue weighted by Gasteiger charge is -2.10. The number of aromatic amines is 1. The number of hydrogen-bond acceptors (Lipinski definition) is 2. The van der Waals surface area contributed by atoms with Gasteiger partial charge in [-0.2, -0.15) is 0 Å². The van der Waals surface area contributed by atoms with Crippen molar-refractivity contribution in [2.45, 2.75) is 20.8 Å². The van der Waals surface area contributed by atoms with Crippen molar-refractivity contribution in [3.05, 3.63) is 63.1 Å². The van der Waals surface area contributed by atoms with Crippen LogP contribution in [0.5, 0.6) is 0 Å². The van der Waals surface area contributed by atoms with Crippen molar-refractivity contribution < 1.29 is 4.79 Å². The third-order valence-corrected chi connectivity index (χ3v) is 3.02. The first-order valence-electron chi connectivity index (χ1n) is 6.05. The minimum absolute atomic E-state index is 0.208. The first-order chi connectivity index (χ1) is 8.97. The van der Waals surface area contributed by atoms with Gasteiger partial charge in [-0.15, -0.1) is 0 Å². The van der Waals surface area contributed by atoms with E-state index in [0.717, 1.165) is 16.8 Å². The van der Waals surface area contributed by atoms with Gasteiger partial charge >= 0.3 is 0 Å². The minimum atomic E-state index is -0.220. The zero-order valence-corrected chi connectivity index (χ0v) is 11.2. The Labute approximate surface area is 111 Å². The summed E-state index contributed by atoms with van der Waals surface area (Å²) in [4.78, 5) is 25.8. The fourth-order valence-corrected chi connectivity index (χ4v) is 1.88. The molecule has 0 aliphatic carbocycles. The zero-order chi connectivity index (χ0) is 14.0. The van der Waals surface area contributed by atoms with Crippen molar-refractivity contribution in [2.75, 3.05) is 5.32 Å². The van der Waals surface area contributed by atoms with Crippen LogP contribution < -0.4 is 10.9 Å². The minimum Gasteiger partial charge on any atom is -0.328 e. The van der Waals surface area contributed by atoms with Gasteiger partial charge < -0.3 is 10.3 Å². The first-order valence-corrected chi connectivity index (χ1v) is 6.05. The number of aryl methyl sites for hydroxylation is 3. The molecule has 1 aromatic heterocycles. The third-order valence-electron chi connectivity index (χ3n) is 3.02. The Morgan fingerprint density at radius 3 is 2.53 bits per heavy atom. The fourth-order valence-electron chi connectivity index (χ4n) is 1.88. The molecule has 2 rings (SSSR count). The number of benzene rings is 1. The molecule has 1 amide bonds.